The molecule has 2 rings (SSSR count). The minimum absolute atomic E-state index is 0.190. The summed E-state index contributed by atoms with van der Waals surface area (Å²) in [4.78, 5) is 13.3. The van der Waals surface area contributed by atoms with Crippen LogP contribution in [0, 0.1) is 0 Å². The van der Waals surface area contributed by atoms with E-state index < -0.39 is 0 Å². The molecule has 0 spiro atoms. The van der Waals surface area contributed by atoms with E-state index in [0.29, 0.717) is 6.04 Å². The number of amides is 1. The van der Waals surface area contributed by atoms with Gasteiger partial charge in [-0.05, 0) is 19.3 Å². The first-order valence-electron chi connectivity index (χ1n) is 4.50. The average molecular weight is 163 g/mol. The maximum atomic E-state index is 11.3. The van der Waals surface area contributed by atoms with E-state index >= 15 is 0 Å². The Hall–Kier alpha value is -1.05. The topological polar surface area (TPSA) is 20.3 Å². The summed E-state index contributed by atoms with van der Waals surface area (Å²) < 4.78 is 0. The van der Waals surface area contributed by atoms with Crippen molar-refractivity contribution in [3.8, 4) is 0 Å². The van der Waals surface area contributed by atoms with Crippen LogP contribution in [0.15, 0.2) is 24.3 Å². The average Bonchev–Trinajstić information content (AvgIpc) is 2.53. The van der Waals surface area contributed by atoms with Crippen LogP contribution in [0.2, 0.25) is 0 Å². The summed E-state index contributed by atoms with van der Waals surface area (Å²) in [5, 5.41) is 0. The molecule has 0 aromatic rings. The molecule has 0 saturated heterocycles. The number of allylic oxidation sites excluding steroid dienone is 1. The molecule has 0 aromatic heterocycles. The summed E-state index contributed by atoms with van der Waals surface area (Å²) in [6, 6.07) is 0.456. The van der Waals surface area contributed by atoms with Crippen molar-refractivity contribution >= 4 is 5.91 Å². The molecule has 0 radical (unpaired) electrons. The highest BCUT2D eigenvalue weighted by atomic mass is 16.2. The second kappa shape index (κ2) is 3.13. The Labute approximate surface area is 72.6 Å². The van der Waals surface area contributed by atoms with E-state index in [4.69, 9.17) is 0 Å². The van der Waals surface area contributed by atoms with Crippen LogP contribution in [0.5, 0.6) is 0 Å². The molecule has 1 aliphatic carbocycles. The maximum Gasteiger partial charge on any atom is 0.246 e. The van der Waals surface area contributed by atoms with E-state index in [-0.39, 0.29) is 5.91 Å². The third kappa shape index (κ3) is 1.29. The molecule has 1 heterocycles. The summed E-state index contributed by atoms with van der Waals surface area (Å²) in [6.45, 7) is 0.817. The summed E-state index contributed by atoms with van der Waals surface area (Å²) >= 11 is 0. The summed E-state index contributed by atoms with van der Waals surface area (Å²) in [7, 11) is 0. The molecular weight excluding hydrogens is 150 g/mol. The lowest BCUT2D eigenvalue weighted by molar-refractivity contribution is -0.126. The smallest absolute Gasteiger partial charge is 0.246 e. The molecule has 0 aromatic carbocycles. The molecule has 1 atom stereocenters. The van der Waals surface area contributed by atoms with E-state index in [9.17, 15) is 4.79 Å². The van der Waals surface area contributed by atoms with Gasteiger partial charge in [0.1, 0.15) is 0 Å². The lowest BCUT2D eigenvalue weighted by Crippen LogP contribution is -2.37. The largest absolute Gasteiger partial charge is 0.332 e. The molecule has 0 N–H and O–H groups in total. The first-order chi connectivity index (χ1) is 5.88. The molecule has 1 unspecified atom stereocenters. The zero-order valence-electron chi connectivity index (χ0n) is 7.07. The molecule has 0 bridgehead atoms. The molecule has 2 aliphatic rings. The highest BCUT2D eigenvalue weighted by Crippen LogP contribution is 2.19. The summed E-state index contributed by atoms with van der Waals surface area (Å²) in [6.07, 6.45) is 11.3. The van der Waals surface area contributed by atoms with Gasteiger partial charge in [-0.1, -0.05) is 18.2 Å². The summed E-state index contributed by atoms with van der Waals surface area (Å²) in [5.41, 5.74) is 0. The Kier molecular flexibility index (Phi) is 1.98. The van der Waals surface area contributed by atoms with Gasteiger partial charge in [-0.2, -0.15) is 0 Å². The number of hydrogen-bond acceptors (Lipinski definition) is 1. The molecular formula is C10H13NO. The van der Waals surface area contributed by atoms with Crippen LogP contribution in [-0.2, 0) is 4.79 Å². The first kappa shape index (κ1) is 7.59. The fourth-order valence-electron chi connectivity index (χ4n) is 1.84. The van der Waals surface area contributed by atoms with Crippen molar-refractivity contribution in [1.29, 1.82) is 0 Å². The van der Waals surface area contributed by atoms with Crippen LogP contribution in [0.1, 0.15) is 19.3 Å². The predicted molar refractivity (Wildman–Crippen MR) is 47.6 cm³/mol. The van der Waals surface area contributed by atoms with Gasteiger partial charge in [-0.25, -0.2) is 0 Å². The first-order valence-corrected chi connectivity index (χ1v) is 4.50. The highest BCUT2D eigenvalue weighted by Gasteiger charge is 2.23. The van der Waals surface area contributed by atoms with Gasteiger partial charge in [0, 0.05) is 18.7 Å². The third-order valence-electron chi connectivity index (χ3n) is 2.53. The molecule has 12 heavy (non-hydrogen) atoms. The molecule has 0 saturated carbocycles. The standard InChI is InChI=1S/C10H13NO/c12-10-7-4-8-11(10)9-5-2-1-3-6-9/h1-2,4,7,9H,3,5-6,8H2. The molecule has 0 fully saturated rings. The Bertz CT molecular complexity index is 242. The van der Waals surface area contributed by atoms with Gasteiger partial charge in [-0.15, -0.1) is 0 Å². The van der Waals surface area contributed by atoms with Gasteiger partial charge in [0.15, 0.2) is 0 Å². The number of hydrogen-bond donors (Lipinski definition) is 0. The second-order valence-electron chi connectivity index (χ2n) is 3.33. The van der Waals surface area contributed by atoms with Crippen LogP contribution >= 0.6 is 0 Å². The Morgan fingerprint density at radius 1 is 1.33 bits per heavy atom. The molecule has 64 valence electrons. The van der Waals surface area contributed by atoms with Crippen molar-refractivity contribution in [2.75, 3.05) is 6.54 Å². The van der Waals surface area contributed by atoms with Crippen LogP contribution in [0.4, 0.5) is 0 Å². The van der Waals surface area contributed by atoms with E-state index in [2.05, 4.69) is 12.2 Å². The van der Waals surface area contributed by atoms with Gasteiger partial charge >= 0.3 is 0 Å². The predicted octanol–water partition coefficient (Wildman–Crippen LogP) is 1.49. The van der Waals surface area contributed by atoms with E-state index in [1.54, 1.807) is 6.08 Å². The zero-order valence-corrected chi connectivity index (χ0v) is 7.07. The normalized spacial score (nSPS) is 28.5. The van der Waals surface area contributed by atoms with Crippen molar-refractivity contribution < 1.29 is 4.79 Å². The monoisotopic (exact) mass is 163 g/mol. The Balaban J connectivity index is 2.00. The van der Waals surface area contributed by atoms with Crippen molar-refractivity contribution in [1.82, 2.24) is 4.90 Å². The third-order valence-corrected chi connectivity index (χ3v) is 2.53. The number of carbonyl (C=O) groups excluding carboxylic acids is 1. The molecule has 1 aliphatic heterocycles. The SMILES string of the molecule is O=C1C=CCN1C1CC=CCC1. The van der Waals surface area contributed by atoms with Crippen molar-refractivity contribution in [3.05, 3.63) is 24.3 Å². The second-order valence-corrected chi connectivity index (χ2v) is 3.33. The zero-order chi connectivity index (χ0) is 8.39. The molecule has 1 amide bonds. The lowest BCUT2D eigenvalue weighted by Gasteiger charge is -2.28. The van der Waals surface area contributed by atoms with E-state index in [1.165, 1.54) is 0 Å². The van der Waals surface area contributed by atoms with Crippen molar-refractivity contribution in [2.24, 2.45) is 0 Å². The lowest BCUT2D eigenvalue weighted by atomic mass is 10.0. The van der Waals surface area contributed by atoms with Gasteiger partial charge in [0.05, 0.1) is 0 Å². The van der Waals surface area contributed by atoms with E-state index in [0.717, 1.165) is 25.8 Å². The molecule has 2 heteroatoms. The maximum absolute atomic E-state index is 11.3. The number of carbonyl (C=O) groups is 1. The van der Waals surface area contributed by atoms with Crippen LogP contribution in [0.25, 0.3) is 0 Å². The Morgan fingerprint density at radius 3 is 2.83 bits per heavy atom. The number of nitrogens with zero attached hydrogens (tertiary/aromatic N) is 1. The highest BCUT2D eigenvalue weighted by molar-refractivity contribution is 5.90. The fourth-order valence-corrected chi connectivity index (χ4v) is 1.84. The Morgan fingerprint density at radius 2 is 2.25 bits per heavy atom. The van der Waals surface area contributed by atoms with Crippen LogP contribution in [-0.4, -0.2) is 23.4 Å². The van der Waals surface area contributed by atoms with Crippen molar-refractivity contribution in [3.63, 3.8) is 0 Å². The van der Waals surface area contributed by atoms with Gasteiger partial charge < -0.3 is 4.90 Å². The van der Waals surface area contributed by atoms with Gasteiger partial charge in [0.25, 0.3) is 0 Å². The summed E-state index contributed by atoms with van der Waals surface area (Å²) in [5.74, 6) is 0.190. The van der Waals surface area contributed by atoms with E-state index in [1.807, 2.05) is 11.0 Å². The fraction of sp³-hybridized carbons (Fsp3) is 0.500. The van der Waals surface area contributed by atoms with Gasteiger partial charge in [-0.3, -0.25) is 4.79 Å². The van der Waals surface area contributed by atoms with Crippen LogP contribution < -0.4 is 0 Å². The van der Waals surface area contributed by atoms with Crippen LogP contribution in [0.3, 0.4) is 0 Å². The quantitative estimate of drug-likeness (QED) is 0.536. The van der Waals surface area contributed by atoms with Crippen molar-refractivity contribution in [2.45, 2.75) is 25.3 Å². The number of rotatable bonds is 1. The minimum atomic E-state index is 0.190. The molecule has 2 nitrogen and oxygen atoms in total. The minimum Gasteiger partial charge on any atom is -0.332 e. The van der Waals surface area contributed by atoms with Gasteiger partial charge in [0.2, 0.25) is 5.91 Å².